The topological polar surface area (TPSA) is 84.0 Å². The monoisotopic (exact) mass is 341 g/mol. The first-order valence-corrected chi connectivity index (χ1v) is 7.68. The first kappa shape index (κ1) is 16.6. The van der Waals surface area contributed by atoms with E-state index < -0.39 is 22.8 Å². The lowest BCUT2D eigenvalue weighted by Crippen LogP contribution is -2.40. The number of nitrogens with one attached hydrogen (secondary N) is 2. The second-order valence-electron chi connectivity index (χ2n) is 5.77. The number of aromatic nitrogens is 2. The fourth-order valence-electron chi connectivity index (χ4n) is 2.51. The minimum absolute atomic E-state index is 0.163. The number of aryl methyl sites for hydroxylation is 1. The predicted octanol–water partition coefficient (Wildman–Crippen LogP) is 1.45. The molecule has 7 heteroatoms. The molecule has 6 nitrogen and oxygen atoms in total. The summed E-state index contributed by atoms with van der Waals surface area (Å²) in [7, 11) is 0. The number of carbonyl (C=O) groups excluding carboxylic acids is 1. The molecule has 0 spiro atoms. The highest BCUT2D eigenvalue weighted by atomic mass is 19.1. The van der Waals surface area contributed by atoms with Gasteiger partial charge in [0.15, 0.2) is 0 Å². The lowest BCUT2D eigenvalue weighted by molar-refractivity contribution is -0.121. The minimum Gasteiger partial charge on any atom is -0.350 e. The standard InChI is InChI=1S/C18H16FN3O3/c1-11-2-4-12(5-3-11)9-20-16(23)10-22-15-7-6-13(19)8-14(15)21-17(24)18(22)25/h2-8H,9-10H2,1H3,(H,20,23)(H,21,24). The number of hydrogen-bond acceptors (Lipinski definition) is 3. The van der Waals surface area contributed by atoms with Crippen molar-refractivity contribution in [2.45, 2.75) is 20.0 Å². The van der Waals surface area contributed by atoms with E-state index in [1.165, 1.54) is 12.1 Å². The molecule has 0 aliphatic carbocycles. The van der Waals surface area contributed by atoms with Crippen LogP contribution in [0.2, 0.25) is 0 Å². The Hall–Kier alpha value is -3.22. The van der Waals surface area contributed by atoms with Crippen LogP contribution in [0, 0.1) is 12.7 Å². The summed E-state index contributed by atoms with van der Waals surface area (Å²) in [5.74, 6) is -0.962. The summed E-state index contributed by atoms with van der Waals surface area (Å²) in [6.45, 7) is 1.95. The third-order valence-electron chi connectivity index (χ3n) is 3.85. The van der Waals surface area contributed by atoms with Crippen molar-refractivity contribution in [1.29, 1.82) is 0 Å². The van der Waals surface area contributed by atoms with Gasteiger partial charge in [-0.3, -0.25) is 19.0 Å². The highest BCUT2D eigenvalue weighted by molar-refractivity contribution is 5.80. The van der Waals surface area contributed by atoms with Gasteiger partial charge in [-0.1, -0.05) is 29.8 Å². The Labute approximate surface area is 141 Å². The molecule has 0 saturated carbocycles. The van der Waals surface area contributed by atoms with Crippen LogP contribution in [0.3, 0.4) is 0 Å². The number of nitrogens with zero attached hydrogens (tertiary/aromatic N) is 1. The summed E-state index contributed by atoms with van der Waals surface area (Å²) in [6, 6.07) is 11.3. The number of fused-ring (bicyclic) bond motifs is 1. The SMILES string of the molecule is Cc1ccc(CNC(=O)Cn2c(=O)c(=O)[nH]c3cc(F)ccc32)cc1. The molecular formula is C18H16FN3O3. The molecule has 2 N–H and O–H groups in total. The number of hydrogen-bond donors (Lipinski definition) is 2. The maximum Gasteiger partial charge on any atom is 0.317 e. The van der Waals surface area contributed by atoms with Crippen molar-refractivity contribution < 1.29 is 9.18 Å². The van der Waals surface area contributed by atoms with E-state index in [1.807, 2.05) is 31.2 Å². The number of aromatic amines is 1. The van der Waals surface area contributed by atoms with E-state index >= 15 is 0 Å². The second-order valence-corrected chi connectivity index (χ2v) is 5.77. The first-order valence-electron chi connectivity index (χ1n) is 7.68. The Kier molecular flexibility index (Phi) is 4.47. The molecule has 0 radical (unpaired) electrons. The molecule has 25 heavy (non-hydrogen) atoms. The van der Waals surface area contributed by atoms with E-state index in [9.17, 15) is 18.8 Å². The minimum atomic E-state index is -0.899. The van der Waals surface area contributed by atoms with Crippen LogP contribution in [0.5, 0.6) is 0 Å². The molecule has 0 fully saturated rings. The zero-order chi connectivity index (χ0) is 18.0. The van der Waals surface area contributed by atoms with Crippen molar-refractivity contribution in [3.63, 3.8) is 0 Å². The molecule has 0 atom stereocenters. The molecule has 3 aromatic rings. The molecular weight excluding hydrogens is 325 g/mol. The molecule has 2 aromatic carbocycles. The number of carbonyl (C=O) groups is 1. The zero-order valence-electron chi connectivity index (χ0n) is 13.5. The van der Waals surface area contributed by atoms with Gasteiger partial charge in [-0.15, -0.1) is 0 Å². The van der Waals surface area contributed by atoms with Crippen molar-refractivity contribution in [3.8, 4) is 0 Å². The van der Waals surface area contributed by atoms with Crippen molar-refractivity contribution in [2.75, 3.05) is 0 Å². The summed E-state index contributed by atoms with van der Waals surface area (Å²) < 4.78 is 14.4. The van der Waals surface area contributed by atoms with Crippen LogP contribution in [-0.4, -0.2) is 15.5 Å². The number of benzene rings is 2. The maximum atomic E-state index is 13.3. The molecule has 3 rings (SSSR count). The molecule has 0 aliphatic rings. The molecule has 1 aromatic heterocycles. The predicted molar refractivity (Wildman–Crippen MR) is 91.8 cm³/mol. The normalized spacial score (nSPS) is 10.8. The van der Waals surface area contributed by atoms with Gasteiger partial charge in [0.25, 0.3) is 0 Å². The Bertz CT molecular complexity index is 1050. The average molecular weight is 341 g/mol. The van der Waals surface area contributed by atoms with Crippen LogP contribution in [0.25, 0.3) is 11.0 Å². The van der Waals surface area contributed by atoms with E-state index in [1.54, 1.807) is 0 Å². The van der Waals surface area contributed by atoms with Crippen molar-refractivity contribution in [2.24, 2.45) is 0 Å². The summed E-state index contributed by atoms with van der Waals surface area (Å²) in [6.07, 6.45) is 0. The quantitative estimate of drug-likeness (QED) is 0.705. The van der Waals surface area contributed by atoms with Gasteiger partial charge in [0.1, 0.15) is 12.4 Å². The van der Waals surface area contributed by atoms with E-state index in [0.717, 1.165) is 21.8 Å². The molecule has 128 valence electrons. The van der Waals surface area contributed by atoms with E-state index in [4.69, 9.17) is 0 Å². The van der Waals surface area contributed by atoms with Crippen molar-refractivity contribution >= 4 is 16.9 Å². The highest BCUT2D eigenvalue weighted by Gasteiger charge is 2.12. The van der Waals surface area contributed by atoms with E-state index in [-0.39, 0.29) is 17.6 Å². The van der Waals surface area contributed by atoms with Crippen LogP contribution in [0.1, 0.15) is 11.1 Å². The first-order chi connectivity index (χ1) is 11.9. The van der Waals surface area contributed by atoms with Crippen LogP contribution >= 0.6 is 0 Å². The number of H-pyrrole nitrogens is 1. The lowest BCUT2D eigenvalue weighted by atomic mass is 10.1. The smallest absolute Gasteiger partial charge is 0.317 e. The Morgan fingerprint density at radius 1 is 1.16 bits per heavy atom. The molecule has 0 aliphatic heterocycles. The fraction of sp³-hybridized carbons (Fsp3) is 0.167. The summed E-state index contributed by atoms with van der Waals surface area (Å²) in [5.41, 5.74) is 0.731. The van der Waals surface area contributed by atoms with Crippen molar-refractivity contribution in [3.05, 3.63) is 80.1 Å². The third kappa shape index (κ3) is 3.65. The van der Waals surface area contributed by atoms with Crippen LogP contribution in [0.15, 0.2) is 52.1 Å². The number of rotatable bonds is 4. The molecule has 1 heterocycles. The highest BCUT2D eigenvalue weighted by Crippen LogP contribution is 2.10. The number of amides is 1. The van der Waals surface area contributed by atoms with Gasteiger partial charge >= 0.3 is 11.1 Å². The van der Waals surface area contributed by atoms with Crippen LogP contribution in [0.4, 0.5) is 4.39 Å². The van der Waals surface area contributed by atoms with Crippen LogP contribution < -0.4 is 16.4 Å². The van der Waals surface area contributed by atoms with Gasteiger partial charge in [-0.2, -0.15) is 0 Å². The van der Waals surface area contributed by atoms with Gasteiger partial charge < -0.3 is 10.3 Å². The maximum absolute atomic E-state index is 13.3. The largest absolute Gasteiger partial charge is 0.350 e. The van der Waals surface area contributed by atoms with Gasteiger partial charge in [-0.05, 0) is 30.7 Å². The average Bonchev–Trinajstić information content (AvgIpc) is 2.58. The van der Waals surface area contributed by atoms with E-state index in [0.29, 0.717) is 6.54 Å². The fourth-order valence-corrected chi connectivity index (χ4v) is 2.51. The van der Waals surface area contributed by atoms with Crippen LogP contribution in [-0.2, 0) is 17.9 Å². The molecule has 0 bridgehead atoms. The van der Waals surface area contributed by atoms with Gasteiger partial charge in [0.2, 0.25) is 5.91 Å². The van der Waals surface area contributed by atoms with Gasteiger partial charge in [-0.25, -0.2) is 4.39 Å². The van der Waals surface area contributed by atoms with E-state index in [2.05, 4.69) is 10.3 Å². The molecule has 0 saturated heterocycles. The number of halogens is 1. The third-order valence-corrected chi connectivity index (χ3v) is 3.85. The summed E-state index contributed by atoms with van der Waals surface area (Å²) in [4.78, 5) is 38.3. The summed E-state index contributed by atoms with van der Waals surface area (Å²) in [5, 5.41) is 2.70. The van der Waals surface area contributed by atoms with Gasteiger partial charge in [0.05, 0.1) is 11.0 Å². The Balaban J connectivity index is 1.83. The lowest BCUT2D eigenvalue weighted by Gasteiger charge is -2.10. The summed E-state index contributed by atoms with van der Waals surface area (Å²) >= 11 is 0. The Morgan fingerprint density at radius 3 is 2.60 bits per heavy atom. The van der Waals surface area contributed by atoms with Gasteiger partial charge in [0, 0.05) is 6.54 Å². The molecule has 1 amide bonds. The second kappa shape index (κ2) is 6.72. The Morgan fingerprint density at radius 2 is 1.88 bits per heavy atom. The molecule has 0 unspecified atom stereocenters. The zero-order valence-corrected chi connectivity index (χ0v) is 13.5. The van der Waals surface area contributed by atoms with Crippen molar-refractivity contribution in [1.82, 2.24) is 14.9 Å².